The predicted octanol–water partition coefficient (Wildman–Crippen LogP) is 2.74. The summed E-state index contributed by atoms with van der Waals surface area (Å²) in [5.41, 5.74) is 0.942. The van der Waals surface area contributed by atoms with Crippen LogP contribution in [0.25, 0.3) is 0 Å². The minimum Gasteiger partial charge on any atom is -0.370 e. The molecule has 2 rings (SSSR count). The Kier molecular flexibility index (Phi) is 5.03. The summed E-state index contributed by atoms with van der Waals surface area (Å²) in [6, 6.07) is 3.82. The zero-order chi connectivity index (χ0) is 15.2. The zero-order valence-corrected chi connectivity index (χ0v) is 13.0. The largest absolute Gasteiger partial charge is 0.370 e. The summed E-state index contributed by atoms with van der Waals surface area (Å²) < 4.78 is 0. The van der Waals surface area contributed by atoms with Crippen LogP contribution in [0.4, 0.5) is 11.6 Å². The van der Waals surface area contributed by atoms with E-state index in [0.29, 0.717) is 6.54 Å². The summed E-state index contributed by atoms with van der Waals surface area (Å²) in [6.07, 6.45) is 1.77. The van der Waals surface area contributed by atoms with Crippen LogP contribution in [0.5, 0.6) is 0 Å². The van der Waals surface area contributed by atoms with E-state index in [0.717, 1.165) is 35.5 Å². The molecule has 0 aliphatic heterocycles. The molecule has 6 nitrogen and oxygen atoms in total. The Labute approximate surface area is 125 Å². The molecule has 0 aliphatic carbocycles. The van der Waals surface area contributed by atoms with Crippen LogP contribution in [0, 0.1) is 6.92 Å². The molecule has 2 heterocycles. The second-order valence-corrected chi connectivity index (χ2v) is 5.13. The van der Waals surface area contributed by atoms with Gasteiger partial charge in [-0.3, -0.25) is 0 Å². The van der Waals surface area contributed by atoms with Crippen molar-refractivity contribution in [2.45, 2.75) is 40.2 Å². The molecule has 2 aromatic rings. The molecule has 0 amide bonds. The first-order chi connectivity index (χ1) is 10.1. The molecular formula is C15H22N6. The Morgan fingerprint density at radius 3 is 2.43 bits per heavy atom. The molecule has 0 fully saturated rings. The average molecular weight is 286 g/mol. The second-order valence-electron chi connectivity index (χ2n) is 5.13. The molecule has 0 radical (unpaired) electrons. The van der Waals surface area contributed by atoms with Crippen molar-refractivity contribution in [1.82, 2.24) is 19.9 Å². The Hall–Kier alpha value is -2.24. The lowest BCUT2D eigenvalue weighted by molar-refractivity contribution is 0.774. The summed E-state index contributed by atoms with van der Waals surface area (Å²) in [7, 11) is 0. The van der Waals surface area contributed by atoms with Gasteiger partial charge in [0.15, 0.2) is 0 Å². The quantitative estimate of drug-likeness (QED) is 0.850. The fraction of sp³-hybridized carbons (Fsp3) is 0.467. The Bertz CT molecular complexity index is 596. The van der Waals surface area contributed by atoms with Crippen LogP contribution in [-0.2, 0) is 6.54 Å². The smallest absolute Gasteiger partial charge is 0.135 e. The zero-order valence-electron chi connectivity index (χ0n) is 13.0. The molecule has 0 bridgehead atoms. The first-order valence-electron chi connectivity index (χ1n) is 7.23. The third-order valence-corrected chi connectivity index (χ3v) is 2.90. The van der Waals surface area contributed by atoms with Crippen LogP contribution >= 0.6 is 0 Å². The SMILES string of the molecule is CCNc1cc(NCc2ccnc(C)n2)nc(C(C)C)n1. The highest BCUT2D eigenvalue weighted by atomic mass is 15.1. The number of hydrogen-bond acceptors (Lipinski definition) is 6. The molecule has 2 aromatic heterocycles. The van der Waals surface area contributed by atoms with Crippen LogP contribution < -0.4 is 10.6 Å². The van der Waals surface area contributed by atoms with Gasteiger partial charge in [-0.2, -0.15) is 0 Å². The van der Waals surface area contributed by atoms with Gasteiger partial charge in [0.2, 0.25) is 0 Å². The van der Waals surface area contributed by atoms with Gasteiger partial charge in [0.05, 0.1) is 12.2 Å². The van der Waals surface area contributed by atoms with E-state index in [9.17, 15) is 0 Å². The number of hydrogen-bond donors (Lipinski definition) is 2. The first-order valence-corrected chi connectivity index (χ1v) is 7.23. The van der Waals surface area contributed by atoms with Gasteiger partial charge in [-0.1, -0.05) is 13.8 Å². The number of nitrogens with zero attached hydrogens (tertiary/aromatic N) is 4. The molecular weight excluding hydrogens is 264 g/mol. The third-order valence-electron chi connectivity index (χ3n) is 2.90. The normalized spacial score (nSPS) is 10.7. The highest BCUT2D eigenvalue weighted by Crippen LogP contribution is 2.17. The van der Waals surface area contributed by atoms with Crippen molar-refractivity contribution in [3.05, 3.63) is 35.7 Å². The Morgan fingerprint density at radius 2 is 1.81 bits per heavy atom. The van der Waals surface area contributed by atoms with Crippen LogP contribution in [0.15, 0.2) is 18.3 Å². The maximum absolute atomic E-state index is 4.55. The van der Waals surface area contributed by atoms with E-state index >= 15 is 0 Å². The van der Waals surface area contributed by atoms with E-state index in [1.807, 2.05) is 26.0 Å². The average Bonchev–Trinajstić information content (AvgIpc) is 2.45. The number of rotatable bonds is 6. The monoisotopic (exact) mass is 286 g/mol. The van der Waals surface area contributed by atoms with Gasteiger partial charge in [-0.05, 0) is 19.9 Å². The lowest BCUT2D eigenvalue weighted by atomic mass is 10.2. The molecule has 0 unspecified atom stereocenters. The van der Waals surface area contributed by atoms with Gasteiger partial charge >= 0.3 is 0 Å². The number of aromatic nitrogens is 4. The van der Waals surface area contributed by atoms with Crippen molar-refractivity contribution in [3.8, 4) is 0 Å². The molecule has 0 saturated heterocycles. The number of anilines is 2. The fourth-order valence-electron chi connectivity index (χ4n) is 1.87. The maximum Gasteiger partial charge on any atom is 0.135 e. The van der Waals surface area contributed by atoms with Crippen LogP contribution in [0.1, 0.15) is 44.0 Å². The van der Waals surface area contributed by atoms with Gasteiger partial charge in [-0.15, -0.1) is 0 Å². The molecule has 0 saturated carbocycles. The summed E-state index contributed by atoms with van der Waals surface area (Å²) in [4.78, 5) is 17.5. The van der Waals surface area contributed by atoms with Crippen molar-refractivity contribution in [2.24, 2.45) is 0 Å². The van der Waals surface area contributed by atoms with Crippen LogP contribution in [0.2, 0.25) is 0 Å². The molecule has 2 N–H and O–H groups in total. The van der Waals surface area contributed by atoms with E-state index in [1.54, 1.807) is 6.20 Å². The van der Waals surface area contributed by atoms with Crippen molar-refractivity contribution in [2.75, 3.05) is 17.2 Å². The van der Waals surface area contributed by atoms with Gasteiger partial charge in [0, 0.05) is 24.7 Å². The van der Waals surface area contributed by atoms with Crippen LogP contribution in [-0.4, -0.2) is 26.5 Å². The highest BCUT2D eigenvalue weighted by molar-refractivity contribution is 5.48. The molecule has 0 aliphatic rings. The standard InChI is InChI=1S/C15H22N6/c1-5-16-13-8-14(21-15(20-13)10(2)3)18-9-12-6-7-17-11(4)19-12/h6-8,10H,5,9H2,1-4H3,(H2,16,18,20,21). The molecule has 21 heavy (non-hydrogen) atoms. The lowest BCUT2D eigenvalue weighted by Gasteiger charge is -2.12. The van der Waals surface area contributed by atoms with Gasteiger partial charge in [-0.25, -0.2) is 19.9 Å². The topological polar surface area (TPSA) is 75.6 Å². The van der Waals surface area contributed by atoms with E-state index < -0.39 is 0 Å². The summed E-state index contributed by atoms with van der Waals surface area (Å²) in [6.45, 7) is 9.55. The second kappa shape index (κ2) is 6.97. The minimum absolute atomic E-state index is 0.283. The van der Waals surface area contributed by atoms with Gasteiger partial charge in [0.1, 0.15) is 23.3 Å². The van der Waals surface area contributed by atoms with Crippen molar-refractivity contribution in [3.63, 3.8) is 0 Å². The van der Waals surface area contributed by atoms with E-state index in [-0.39, 0.29) is 5.92 Å². The third kappa shape index (κ3) is 4.37. The number of aryl methyl sites for hydroxylation is 1. The lowest BCUT2D eigenvalue weighted by Crippen LogP contribution is -2.10. The molecule has 112 valence electrons. The Balaban J connectivity index is 2.14. The molecule has 6 heteroatoms. The molecule has 0 atom stereocenters. The minimum atomic E-state index is 0.283. The predicted molar refractivity (Wildman–Crippen MR) is 84.4 cm³/mol. The first kappa shape index (κ1) is 15.2. The van der Waals surface area contributed by atoms with Crippen molar-refractivity contribution < 1.29 is 0 Å². The highest BCUT2D eigenvalue weighted by Gasteiger charge is 2.08. The fourth-order valence-corrected chi connectivity index (χ4v) is 1.87. The van der Waals surface area contributed by atoms with Crippen molar-refractivity contribution >= 4 is 11.6 Å². The van der Waals surface area contributed by atoms with Gasteiger partial charge in [0.25, 0.3) is 0 Å². The van der Waals surface area contributed by atoms with E-state index in [1.165, 1.54) is 0 Å². The van der Waals surface area contributed by atoms with Crippen LogP contribution in [0.3, 0.4) is 0 Å². The summed E-state index contributed by atoms with van der Waals surface area (Å²) in [5.74, 6) is 3.53. The summed E-state index contributed by atoms with van der Waals surface area (Å²) >= 11 is 0. The molecule has 0 aromatic carbocycles. The maximum atomic E-state index is 4.55. The summed E-state index contributed by atoms with van der Waals surface area (Å²) in [5, 5.41) is 6.53. The number of nitrogens with one attached hydrogen (secondary N) is 2. The van der Waals surface area contributed by atoms with E-state index in [4.69, 9.17) is 0 Å². The van der Waals surface area contributed by atoms with Gasteiger partial charge < -0.3 is 10.6 Å². The van der Waals surface area contributed by atoms with Crippen molar-refractivity contribution in [1.29, 1.82) is 0 Å². The molecule has 0 spiro atoms. The van der Waals surface area contributed by atoms with E-state index in [2.05, 4.69) is 44.4 Å². The Morgan fingerprint density at radius 1 is 1.10 bits per heavy atom.